The second-order valence-electron chi connectivity index (χ2n) is 9.27. The average molecular weight is 594 g/mol. The molecule has 0 saturated heterocycles. The summed E-state index contributed by atoms with van der Waals surface area (Å²) in [6, 6.07) is 12.6. The summed E-state index contributed by atoms with van der Waals surface area (Å²) in [5.41, 5.74) is 7.16. The topological polar surface area (TPSA) is 61.5 Å². The van der Waals surface area contributed by atoms with E-state index >= 15 is 0 Å². The summed E-state index contributed by atoms with van der Waals surface area (Å²) < 4.78 is 93.1. The summed E-state index contributed by atoms with van der Waals surface area (Å²) in [6.07, 6.45) is -8.67. The first kappa shape index (κ1) is 38.2. The minimum Gasteiger partial charge on any atom is -0.484 e. The molecule has 220 valence electrons. The standard InChI is InChI=1S/C15H21F3O2S.C10H12F3NO.CH4.ClH/c1-11(9-21(19)14(2,3)4)12-6-5-7-13(8-12)20-10-15(16,17)18;1-7(14)8-3-2-4-9(5-8)15-6-10(11,12)13;;/h5-8,11H,9-10H2,1-4H3;2-5,7H,6,14H2,1H3;1H4;1H/t11-,21+;7-;;/m10../s1. The number of hydrogen-bond donors (Lipinski definition) is 1. The Morgan fingerprint density at radius 2 is 1.21 bits per heavy atom. The predicted molar refractivity (Wildman–Crippen MR) is 144 cm³/mol. The highest BCUT2D eigenvalue weighted by molar-refractivity contribution is 7.86. The van der Waals surface area contributed by atoms with Gasteiger partial charge in [-0.15, -0.1) is 12.4 Å². The Morgan fingerprint density at radius 1 is 0.816 bits per heavy atom. The maximum atomic E-state index is 12.1. The van der Waals surface area contributed by atoms with E-state index in [1.165, 1.54) is 18.2 Å². The van der Waals surface area contributed by atoms with Gasteiger partial charge in [-0.1, -0.05) is 38.6 Å². The summed E-state index contributed by atoms with van der Waals surface area (Å²) in [5.74, 6) is 0.812. The lowest BCUT2D eigenvalue weighted by atomic mass is 10.0. The average Bonchev–Trinajstić information content (AvgIpc) is 2.75. The van der Waals surface area contributed by atoms with Gasteiger partial charge in [0.05, 0.1) is 0 Å². The van der Waals surface area contributed by atoms with Crippen molar-refractivity contribution in [3.8, 4) is 11.5 Å². The van der Waals surface area contributed by atoms with Crippen LogP contribution in [0.25, 0.3) is 0 Å². The first-order valence-electron chi connectivity index (χ1n) is 11.1. The summed E-state index contributed by atoms with van der Waals surface area (Å²) in [6.45, 7) is 6.78. The highest BCUT2D eigenvalue weighted by atomic mass is 35.5. The van der Waals surface area contributed by atoms with Crippen molar-refractivity contribution < 1.29 is 40.0 Å². The number of benzene rings is 2. The smallest absolute Gasteiger partial charge is 0.422 e. The van der Waals surface area contributed by atoms with E-state index in [2.05, 4.69) is 4.74 Å². The van der Waals surface area contributed by atoms with E-state index < -0.39 is 36.4 Å². The van der Waals surface area contributed by atoms with Crippen molar-refractivity contribution in [1.82, 2.24) is 0 Å². The molecule has 0 spiro atoms. The maximum absolute atomic E-state index is 12.1. The van der Waals surface area contributed by atoms with Crippen LogP contribution in [0, 0.1) is 0 Å². The first-order valence-corrected chi connectivity index (χ1v) is 12.4. The van der Waals surface area contributed by atoms with Gasteiger partial charge in [-0.3, -0.25) is 4.21 Å². The Hall–Kier alpha value is -1.98. The van der Waals surface area contributed by atoms with E-state index in [-0.39, 0.29) is 48.0 Å². The summed E-state index contributed by atoms with van der Waals surface area (Å²) in [5, 5.41) is 0. The molecule has 12 heteroatoms. The Bertz CT molecular complexity index is 978. The zero-order valence-electron chi connectivity index (χ0n) is 21.3. The van der Waals surface area contributed by atoms with Crippen molar-refractivity contribution in [2.45, 2.75) is 71.1 Å². The lowest BCUT2D eigenvalue weighted by molar-refractivity contribution is -0.154. The van der Waals surface area contributed by atoms with E-state index in [9.17, 15) is 30.6 Å². The van der Waals surface area contributed by atoms with E-state index in [0.717, 1.165) is 11.1 Å². The van der Waals surface area contributed by atoms with Crippen LogP contribution in [0.15, 0.2) is 48.5 Å². The third-order valence-electron chi connectivity index (χ3n) is 4.70. The third-order valence-corrected chi connectivity index (χ3v) is 6.87. The third kappa shape index (κ3) is 16.1. The van der Waals surface area contributed by atoms with E-state index in [1.54, 1.807) is 31.2 Å². The van der Waals surface area contributed by atoms with Crippen LogP contribution in [0.2, 0.25) is 0 Å². The van der Waals surface area contributed by atoms with Gasteiger partial charge in [0.15, 0.2) is 13.2 Å². The van der Waals surface area contributed by atoms with Gasteiger partial charge in [-0.25, -0.2) is 0 Å². The fraction of sp³-hybridized carbons (Fsp3) is 0.538. The van der Waals surface area contributed by atoms with Crippen molar-refractivity contribution in [1.29, 1.82) is 0 Å². The van der Waals surface area contributed by atoms with Gasteiger partial charge in [0.2, 0.25) is 0 Å². The van der Waals surface area contributed by atoms with Gasteiger partial charge in [0.25, 0.3) is 0 Å². The Labute approximate surface area is 230 Å². The van der Waals surface area contributed by atoms with Crippen LogP contribution in [0.3, 0.4) is 0 Å². The molecule has 2 N–H and O–H groups in total. The van der Waals surface area contributed by atoms with E-state index in [0.29, 0.717) is 5.75 Å². The predicted octanol–water partition coefficient (Wildman–Crippen LogP) is 7.98. The fourth-order valence-corrected chi connectivity index (χ4v) is 3.85. The molecule has 2 aromatic carbocycles. The van der Waals surface area contributed by atoms with Crippen molar-refractivity contribution in [3.05, 3.63) is 59.7 Å². The number of ether oxygens (including phenoxy) is 2. The van der Waals surface area contributed by atoms with Crippen molar-refractivity contribution in [2.24, 2.45) is 5.73 Å². The first-order chi connectivity index (χ1) is 16.4. The number of rotatable bonds is 8. The highest BCUT2D eigenvalue weighted by Gasteiger charge is 2.29. The van der Waals surface area contributed by atoms with Crippen molar-refractivity contribution in [2.75, 3.05) is 19.0 Å². The Kier molecular flexibility index (Phi) is 16.3. The molecule has 0 saturated carbocycles. The second kappa shape index (κ2) is 16.2. The zero-order chi connectivity index (χ0) is 27.7. The highest BCUT2D eigenvalue weighted by Crippen LogP contribution is 2.26. The quantitative estimate of drug-likeness (QED) is 0.315. The molecule has 0 fully saturated rings. The van der Waals surface area contributed by atoms with Crippen molar-refractivity contribution >= 4 is 23.2 Å². The van der Waals surface area contributed by atoms with Gasteiger partial charge in [0.1, 0.15) is 11.5 Å². The van der Waals surface area contributed by atoms with E-state index in [1.807, 2.05) is 33.8 Å². The molecule has 0 aromatic heterocycles. The molecule has 2 rings (SSSR count). The molecule has 0 heterocycles. The van der Waals surface area contributed by atoms with Crippen LogP contribution in [0.5, 0.6) is 11.5 Å². The molecule has 0 amide bonds. The minimum atomic E-state index is -4.35. The van der Waals surface area contributed by atoms with Gasteiger partial charge < -0.3 is 15.2 Å². The lowest BCUT2D eigenvalue weighted by Gasteiger charge is -2.21. The second-order valence-corrected chi connectivity index (χ2v) is 11.5. The molecule has 0 radical (unpaired) electrons. The molecule has 2 aromatic rings. The molecule has 0 aliphatic rings. The largest absolute Gasteiger partial charge is 0.484 e. The Morgan fingerprint density at radius 3 is 1.58 bits per heavy atom. The lowest BCUT2D eigenvalue weighted by Crippen LogP contribution is -2.26. The molecule has 3 atom stereocenters. The maximum Gasteiger partial charge on any atom is 0.422 e. The Balaban J connectivity index is 0. The number of hydrogen-bond acceptors (Lipinski definition) is 4. The molecule has 0 unspecified atom stereocenters. The van der Waals surface area contributed by atoms with Crippen LogP contribution in [-0.2, 0) is 10.8 Å². The van der Waals surface area contributed by atoms with Crippen molar-refractivity contribution in [3.63, 3.8) is 0 Å². The van der Waals surface area contributed by atoms with Crippen LogP contribution >= 0.6 is 12.4 Å². The SMILES string of the molecule is C.C[C@H](C[S@](=O)C(C)(C)C)c1cccc(OCC(F)(F)F)c1.C[C@H](N)c1cccc(OCC(F)(F)F)c1.Cl. The van der Waals surface area contributed by atoms with Crippen LogP contribution < -0.4 is 15.2 Å². The van der Waals surface area contributed by atoms with Crippen LogP contribution in [-0.4, -0.2) is 40.3 Å². The molecule has 4 nitrogen and oxygen atoms in total. The molecule has 38 heavy (non-hydrogen) atoms. The van der Waals surface area contributed by atoms with Gasteiger partial charge in [-0.05, 0) is 69.0 Å². The molecule has 0 aliphatic heterocycles. The molecular weight excluding hydrogens is 556 g/mol. The fourth-order valence-electron chi connectivity index (χ4n) is 2.70. The molecular formula is C26H38ClF6NO3S. The molecule has 0 bridgehead atoms. The van der Waals surface area contributed by atoms with Gasteiger partial charge >= 0.3 is 12.4 Å². The van der Waals surface area contributed by atoms with Crippen LogP contribution in [0.4, 0.5) is 26.3 Å². The summed E-state index contributed by atoms with van der Waals surface area (Å²) in [7, 11) is -1.01. The minimum absolute atomic E-state index is 0. The van der Waals surface area contributed by atoms with Crippen LogP contribution in [0.1, 0.15) is 65.1 Å². The zero-order valence-corrected chi connectivity index (χ0v) is 22.9. The molecule has 0 aliphatic carbocycles. The number of nitrogens with two attached hydrogens (primary N) is 1. The summed E-state index contributed by atoms with van der Waals surface area (Å²) >= 11 is 0. The monoisotopic (exact) mass is 593 g/mol. The summed E-state index contributed by atoms with van der Waals surface area (Å²) in [4.78, 5) is 0. The van der Waals surface area contributed by atoms with Gasteiger partial charge in [0, 0.05) is 27.3 Å². The van der Waals surface area contributed by atoms with E-state index in [4.69, 9.17) is 10.5 Å². The number of alkyl halides is 6. The number of halogens is 7. The van der Waals surface area contributed by atoms with Gasteiger partial charge in [-0.2, -0.15) is 26.3 Å². The normalized spacial score (nSPS) is 14.0.